The van der Waals surface area contributed by atoms with E-state index < -0.39 is 0 Å². The number of nitrogens with zero attached hydrogens (tertiary/aromatic N) is 2. The monoisotopic (exact) mass is 277 g/mol. The van der Waals surface area contributed by atoms with Gasteiger partial charge in [-0.1, -0.05) is 27.7 Å². The van der Waals surface area contributed by atoms with E-state index in [0.717, 1.165) is 25.1 Å². The van der Waals surface area contributed by atoms with Crippen LogP contribution in [0, 0.1) is 5.92 Å². The lowest BCUT2D eigenvalue weighted by atomic mass is 10.1. The summed E-state index contributed by atoms with van der Waals surface area (Å²) in [5.74, 6) is 0.554. The van der Waals surface area contributed by atoms with Gasteiger partial charge in [-0.05, 0) is 24.8 Å². The van der Waals surface area contributed by atoms with Crippen LogP contribution in [0.25, 0.3) is 0 Å². The number of carbonyl (C=O) groups is 1. The molecule has 1 heterocycles. The summed E-state index contributed by atoms with van der Waals surface area (Å²) in [7, 11) is 1.82. The van der Waals surface area contributed by atoms with Crippen molar-refractivity contribution in [1.29, 1.82) is 0 Å². The average Bonchev–Trinajstić information content (AvgIpc) is 2.46. The third-order valence-corrected chi connectivity index (χ3v) is 3.53. The Labute approximate surface area is 122 Å². The fraction of sp³-hybridized carbons (Fsp3) is 0.625. The molecule has 4 heteroatoms. The van der Waals surface area contributed by atoms with Crippen LogP contribution in [0.2, 0.25) is 0 Å². The summed E-state index contributed by atoms with van der Waals surface area (Å²) in [6.07, 6.45) is 5.34. The summed E-state index contributed by atoms with van der Waals surface area (Å²) in [4.78, 5) is 19.0. The summed E-state index contributed by atoms with van der Waals surface area (Å²) in [6.45, 7) is 9.36. The standard InChI is InChI=1S/C16H27N3O/c1-6-13(7-2)19(11-12(3)4)16(20)14-8-9-18-10-15(14)17-5/h8-10,12-13,17H,6-7,11H2,1-5H3. The van der Waals surface area contributed by atoms with E-state index in [4.69, 9.17) is 0 Å². The molecule has 0 aromatic carbocycles. The highest BCUT2D eigenvalue weighted by Gasteiger charge is 2.24. The molecule has 0 fully saturated rings. The molecule has 112 valence electrons. The fourth-order valence-corrected chi connectivity index (χ4v) is 2.46. The predicted octanol–water partition coefficient (Wildman–Crippen LogP) is 3.41. The number of hydrogen-bond donors (Lipinski definition) is 1. The first kappa shape index (κ1) is 16.5. The molecule has 1 amide bonds. The Morgan fingerprint density at radius 2 is 2.00 bits per heavy atom. The molecule has 0 aliphatic carbocycles. The van der Waals surface area contributed by atoms with E-state index in [2.05, 4.69) is 38.0 Å². The van der Waals surface area contributed by atoms with E-state index in [1.807, 2.05) is 11.9 Å². The molecule has 0 aliphatic rings. The van der Waals surface area contributed by atoms with Gasteiger partial charge >= 0.3 is 0 Å². The van der Waals surface area contributed by atoms with Gasteiger partial charge in [0.1, 0.15) is 0 Å². The molecule has 1 N–H and O–H groups in total. The van der Waals surface area contributed by atoms with Gasteiger partial charge in [-0.2, -0.15) is 0 Å². The predicted molar refractivity (Wildman–Crippen MR) is 84.0 cm³/mol. The second kappa shape index (κ2) is 7.88. The zero-order valence-corrected chi connectivity index (χ0v) is 13.3. The minimum atomic E-state index is 0.0964. The second-order valence-corrected chi connectivity index (χ2v) is 5.49. The maximum atomic E-state index is 12.9. The maximum Gasteiger partial charge on any atom is 0.256 e. The molecule has 0 saturated carbocycles. The van der Waals surface area contributed by atoms with Crippen molar-refractivity contribution in [1.82, 2.24) is 9.88 Å². The zero-order valence-electron chi connectivity index (χ0n) is 13.3. The molecule has 4 nitrogen and oxygen atoms in total. The number of amides is 1. The molecule has 0 unspecified atom stereocenters. The third-order valence-electron chi connectivity index (χ3n) is 3.53. The number of anilines is 1. The van der Waals surface area contributed by atoms with Gasteiger partial charge < -0.3 is 10.2 Å². The second-order valence-electron chi connectivity index (χ2n) is 5.49. The highest BCUT2D eigenvalue weighted by Crippen LogP contribution is 2.20. The van der Waals surface area contributed by atoms with Crippen LogP contribution >= 0.6 is 0 Å². The molecule has 0 atom stereocenters. The number of carbonyl (C=O) groups excluding carboxylic acids is 1. The molecule has 0 bridgehead atoms. The lowest BCUT2D eigenvalue weighted by Crippen LogP contribution is -2.42. The summed E-state index contributed by atoms with van der Waals surface area (Å²) in [6, 6.07) is 2.09. The van der Waals surface area contributed by atoms with E-state index in [0.29, 0.717) is 17.5 Å². The van der Waals surface area contributed by atoms with Gasteiger partial charge in [0.05, 0.1) is 17.4 Å². The van der Waals surface area contributed by atoms with Crippen molar-refractivity contribution in [3.05, 3.63) is 24.0 Å². The minimum absolute atomic E-state index is 0.0964. The number of aromatic nitrogens is 1. The first-order chi connectivity index (χ1) is 9.54. The Morgan fingerprint density at radius 1 is 1.35 bits per heavy atom. The Kier molecular flexibility index (Phi) is 6.49. The smallest absolute Gasteiger partial charge is 0.256 e. The molecule has 1 aromatic rings. The van der Waals surface area contributed by atoms with Crippen LogP contribution in [-0.2, 0) is 0 Å². The largest absolute Gasteiger partial charge is 0.386 e. The van der Waals surface area contributed by atoms with Crippen LogP contribution in [0.4, 0.5) is 5.69 Å². The van der Waals surface area contributed by atoms with Crippen molar-refractivity contribution in [3.63, 3.8) is 0 Å². The highest BCUT2D eigenvalue weighted by atomic mass is 16.2. The van der Waals surface area contributed by atoms with Crippen LogP contribution in [0.5, 0.6) is 0 Å². The quantitative estimate of drug-likeness (QED) is 0.830. The molecule has 1 rings (SSSR count). The van der Waals surface area contributed by atoms with Crippen LogP contribution in [0.1, 0.15) is 50.9 Å². The van der Waals surface area contributed by atoms with E-state index in [1.165, 1.54) is 0 Å². The van der Waals surface area contributed by atoms with Gasteiger partial charge in [-0.3, -0.25) is 9.78 Å². The van der Waals surface area contributed by atoms with E-state index in [1.54, 1.807) is 18.5 Å². The molecule has 0 radical (unpaired) electrons. The number of hydrogen-bond acceptors (Lipinski definition) is 3. The molecule has 20 heavy (non-hydrogen) atoms. The Morgan fingerprint density at radius 3 is 2.50 bits per heavy atom. The SMILES string of the molecule is CCC(CC)N(CC(C)C)C(=O)c1ccncc1NC. The molecular weight excluding hydrogens is 250 g/mol. The molecular formula is C16H27N3O. The first-order valence-corrected chi connectivity index (χ1v) is 7.47. The minimum Gasteiger partial charge on any atom is -0.386 e. The van der Waals surface area contributed by atoms with Crippen molar-refractivity contribution >= 4 is 11.6 Å². The maximum absolute atomic E-state index is 12.9. The Hall–Kier alpha value is -1.58. The summed E-state index contributed by atoms with van der Waals surface area (Å²) >= 11 is 0. The topological polar surface area (TPSA) is 45.2 Å². The Balaban J connectivity index is 3.09. The summed E-state index contributed by atoms with van der Waals surface area (Å²) < 4.78 is 0. The van der Waals surface area contributed by atoms with E-state index in [9.17, 15) is 4.79 Å². The lowest BCUT2D eigenvalue weighted by molar-refractivity contribution is 0.0641. The number of pyridine rings is 1. The first-order valence-electron chi connectivity index (χ1n) is 7.47. The molecule has 0 saturated heterocycles. The zero-order chi connectivity index (χ0) is 15.1. The van der Waals surface area contributed by atoms with Gasteiger partial charge in [0, 0.05) is 25.8 Å². The van der Waals surface area contributed by atoms with Crippen molar-refractivity contribution in [2.75, 3.05) is 18.9 Å². The van der Waals surface area contributed by atoms with E-state index >= 15 is 0 Å². The summed E-state index contributed by atoms with van der Waals surface area (Å²) in [5, 5.41) is 3.05. The number of rotatable bonds is 7. The Bertz CT molecular complexity index is 427. The lowest BCUT2D eigenvalue weighted by Gasteiger charge is -2.32. The average molecular weight is 277 g/mol. The molecule has 0 aliphatic heterocycles. The van der Waals surface area contributed by atoms with Gasteiger partial charge in [-0.25, -0.2) is 0 Å². The number of nitrogens with one attached hydrogen (secondary N) is 1. The fourth-order valence-electron chi connectivity index (χ4n) is 2.46. The van der Waals surface area contributed by atoms with Gasteiger partial charge in [0.15, 0.2) is 0 Å². The van der Waals surface area contributed by atoms with Crippen molar-refractivity contribution in [3.8, 4) is 0 Å². The molecule has 0 spiro atoms. The van der Waals surface area contributed by atoms with Crippen molar-refractivity contribution < 1.29 is 4.79 Å². The van der Waals surface area contributed by atoms with E-state index in [-0.39, 0.29) is 5.91 Å². The third kappa shape index (κ3) is 3.95. The van der Waals surface area contributed by atoms with Gasteiger partial charge in [0.25, 0.3) is 5.91 Å². The summed E-state index contributed by atoms with van der Waals surface area (Å²) in [5.41, 5.74) is 1.49. The van der Waals surface area contributed by atoms with Crippen LogP contribution in [0.15, 0.2) is 18.5 Å². The normalized spacial score (nSPS) is 10.9. The highest BCUT2D eigenvalue weighted by molar-refractivity contribution is 5.99. The van der Waals surface area contributed by atoms with Crippen molar-refractivity contribution in [2.24, 2.45) is 5.92 Å². The molecule has 1 aromatic heterocycles. The van der Waals surface area contributed by atoms with Crippen LogP contribution < -0.4 is 5.32 Å². The van der Waals surface area contributed by atoms with Crippen LogP contribution in [-0.4, -0.2) is 35.4 Å². The van der Waals surface area contributed by atoms with Crippen molar-refractivity contribution in [2.45, 2.75) is 46.6 Å². The van der Waals surface area contributed by atoms with Gasteiger partial charge in [0.2, 0.25) is 0 Å². The van der Waals surface area contributed by atoms with Gasteiger partial charge in [-0.15, -0.1) is 0 Å². The van der Waals surface area contributed by atoms with Crippen LogP contribution in [0.3, 0.4) is 0 Å².